The van der Waals surface area contributed by atoms with E-state index in [9.17, 15) is 9.59 Å². The van der Waals surface area contributed by atoms with E-state index in [1.54, 1.807) is 7.11 Å². The number of unbranched alkanes of at least 4 members (excludes halogenated alkanes) is 1. The molecule has 0 rings (SSSR count). The standard InChI is InChI=1S/C11H22N2O5/c1-17-7-4-3-5-12-11(16)13(6-8-18-2)9-10(14)15/h3-9H2,1-2H3,(H,12,16)(H,14,15). The number of carbonyl (C=O) groups excluding carboxylic acids is 1. The Hall–Kier alpha value is -1.34. The van der Waals surface area contributed by atoms with Crippen LogP contribution in [0.5, 0.6) is 0 Å². The van der Waals surface area contributed by atoms with E-state index in [-0.39, 0.29) is 19.1 Å². The third-order valence-electron chi connectivity index (χ3n) is 2.23. The monoisotopic (exact) mass is 262 g/mol. The van der Waals surface area contributed by atoms with Crippen molar-refractivity contribution in [1.82, 2.24) is 10.2 Å². The van der Waals surface area contributed by atoms with E-state index in [1.165, 1.54) is 12.0 Å². The van der Waals surface area contributed by atoms with Crippen LogP contribution >= 0.6 is 0 Å². The SMILES string of the molecule is COCCCCNC(=O)N(CCOC)CC(=O)O. The number of carbonyl (C=O) groups is 2. The average molecular weight is 262 g/mol. The number of urea groups is 1. The van der Waals surface area contributed by atoms with Crippen LogP contribution in [0.3, 0.4) is 0 Å². The van der Waals surface area contributed by atoms with E-state index in [0.717, 1.165) is 12.8 Å². The molecule has 0 unspecified atom stereocenters. The van der Waals surface area contributed by atoms with Gasteiger partial charge in [-0.15, -0.1) is 0 Å². The summed E-state index contributed by atoms with van der Waals surface area (Å²) in [7, 11) is 3.12. The summed E-state index contributed by atoms with van der Waals surface area (Å²) in [5.41, 5.74) is 0. The first-order chi connectivity index (χ1) is 8.61. The summed E-state index contributed by atoms with van der Waals surface area (Å²) in [6.07, 6.45) is 1.65. The summed E-state index contributed by atoms with van der Waals surface area (Å²) < 4.78 is 9.72. The van der Waals surface area contributed by atoms with Crippen molar-refractivity contribution in [3.05, 3.63) is 0 Å². The van der Waals surface area contributed by atoms with Crippen molar-refractivity contribution in [2.75, 3.05) is 47.1 Å². The zero-order valence-electron chi connectivity index (χ0n) is 11.0. The number of carboxylic acid groups (broad SMARTS) is 1. The van der Waals surface area contributed by atoms with Crippen LogP contribution in [-0.2, 0) is 14.3 Å². The molecule has 0 aromatic rings. The molecule has 7 heteroatoms. The number of rotatable bonds is 10. The maximum Gasteiger partial charge on any atom is 0.323 e. The number of carboxylic acids is 1. The third-order valence-corrected chi connectivity index (χ3v) is 2.23. The van der Waals surface area contributed by atoms with Gasteiger partial charge in [0.2, 0.25) is 0 Å². The maximum atomic E-state index is 11.7. The van der Waals surface area contributed by atoms with E-state index in [0.29, 0.717) is 19.8 Å². The van der Waals surface area contributed by atoms with Crippen molar-refractivity contribution in [3.8, 4) is 0 Å². The van der Waals surface area contributed by atoms with Gasteiger partial charge >= 0.3 is 12.0 Å². The Kier molecular flexibility index (Phi) is 9.99. The van der Waals surface area contributed by atoms with Crippen molar-refractivity contribution in [2.24, 2.45) is 0 Å². The van der Waals surface area contributed by atoms with E-state index < -0.39 is 5.97 Å². The molecule has 0 aromatic carbocycles. The summed E-state index contributed by atoms with van der Waals surface area (Å²) in [4.78, 5) is 23.5. The quantitative estimate of drug-likeness (QED) is 0.547. The van der Waals surface area contributed by atoms with Gasteiger partial charge in [-0.05, 0) is 12.8 Å². The molecule has 7 nitrogen and oxygen atoms in total. The van der Waals surface area contributed by atoms with Crippen LogP contribution in [0, 0.1) is 0 Å². The number of hydrogen-bond donors (Lipinski definition) is 2. The van der Waals surface area contributed by atoms with Crippen molar-refractivity contribution < 1.29 is 24.2 Å². The van der Waals surface area contributed by atoms with Crippen LogP contribution in [-0.4, -0.2) is 69.1 Å². The lowest BCUT2D eigenvalue weighted by atomic mass is 10.3. The number of nitrogens with zero attached hydrogens (tertiary/aromatic N) is 1. The van der Waals surface area contributed by atoms with Gasteiger partial charge in [-0.3, -0.25) is 4.79 Å². The molecule has 0 aromatic heterocycles. The summed E-state index contributed by atoms with van der Waals surface area (Å²) >= 11 is 0. The molecular formula is C11H22N2O5. The Bertz CT molecular complexity index is 248. The minimum atomic E-state index is -1.04. The molecule has 0 saturated carbocycles. The average Bonchev–Trinajstić information content (AvgIpc) is 2.33. The van der Waals surface area contributed by atoms with E-state index in [1.807, 2.05) is 0 Å². The molecule has 0 atom stereocenters. The molecule has 18 heavy (non-hydrogen) atoms. The van der Waals surface area contributed by atoms with Crippen LogP contribution in [0.2, 0.25) is 0 Å². The van der Waals surface area contributed by atoms with Crippen molar-refractivity contribution in [3.63, 3.8) is 0 Å². The second-order valence-electron chi connectivity index (χ2n) is 3.74. The lowest BCUT2D eigenvalue weighted by Crippen LogP contribution is -2.44. The van der Waals surface area contributed by atoms with Crippen LogP contribution in [0.25, 0.3) is 0 Å². The Labute approximate surface area is 107 Å². The van der Waals surface area contributed by atoms with Crippen LogP contribution < -0.4 is 5.32 Å². The Morgan fingerprint density at radius 2 is 1.83 bits per heavy atom. The highest BCUT2D eigenvalue weighted by molar-refractivity contribution is 5.80. The molecule has 0 spiro atoms. The van der Waals surface area contributed by atoms with Crippen LogP contribution in [0.1, 0.15) is 12.8 Å². The van der Waals surface area contributed by atoms with E-state index in [4.69, 9.17) is 14.6 Å². The second-order valence-corrected chi connectivity index (χ2v) is 3.74. The van der Waals surface area contributed by atoms with Gasteiger partial charge < -0.3 is 24.8 Å². The van der Waals surface area contributed by atoms with Gasteiger partial charge in [0.1, 0.15) is 6.54 Å². The minimum absolute atomic E-state index is 0.257. The molecule has 0 aliphatic carbocycles. The highest BCUT2D eigenvalue weighted by Crippen LogP contribution is 1.92. The molecule has 106 valence electrons. The normalized spacial score (nSPS) is 10.1. The molecule has 2 N–H and O–H groups in total. The molecule has 0 bridgehead atoms. The number of nitrogens with one attached hydrogen (secondary N) is 1. The van der Waals surface area contributed by atoms with Crippen LogP contribution in [0.15, 0.2) is 0 Å². The lowest BCUT2D eigenvalue weighted by Gasteiger charge is -2.20. The fourth-order valence-corrected chi connectivity index (χ4v) is 1.30. The highest BCUT2D eigenvalue weighted by atomic mass is 16.5. The molecule has 0 heterocycles. The molecular weight excluding hydrogens is 240 g/mol. The van der Waals surface area contributed by atoms with Crippen molar-refractivity contribution in [2.45, 2.75) is 12.8 Å². The number of methoxy groups -OCH3 is 2. The minimum Gasteiger partial charge on any atom is -0.480 e. The molecule has 0 aliphatic rings. The van der Waals surface area contributed by atoms with Gasteiger partial charge in [-0.2, -0.15) is 0 Å². The first-order valence-electron chi connectivity index (χ1n) is 5.84. The largest absolute Gasteiger partial charge is 0.480 e. The number of amides is 2. The summed E-state index contributed by atoms with van der Waals surface area (Å²) in [6.45, 7) is 1.40. The van der Waals surface area contributed by atoms with Gasteiger partial charge in [0.05, 0.1) is 6.61 Å². The topological polar surface area (TPSA) is 88.1 Å². The molecule has 2 amide bonds. The van der Waals surface area contributed by atoms with Crippen molar-refractivity contribution >= 4 is 12.0 Å². The summed E-state index contributed by atoms with van der Waals surface area (Å²) in [6, 6.07) is -0.383. The zero-order valence-corrected chi connectivity index (χ0v) is 11.0. The summed E-state index contributed by atoms with van der Waals surface area (Å²) in [5, 5.41) is 11.4. The number of hydrogen-bond acceptors (Lipinski definition) is 4. The highest BCUT2D eigenvalue weighted by Gasteiger charge is 2.15. The van der Waals surface area contributed by atoms with E-state index >= 15 is 0 Å². The fraction of sp³-hybridized carbons (Fsp3) is 0.818. The maximum absolute atomic E-state index is 11.7. The first-order valence-corrected chi connectivity index (χ1v) is 5.84. The third kappa shape index (κ3) is 8.77. The number of ether oxygens (including phenoxy) is 2. The van der Waals surface area contributed by atoms with Gasteiger partial charge in [0.15, 0.2) is 0 Å². The lowest BCUT2D eigenvalue weighted by molar-refractivity contribution is -0.137. The van der Waals surface area contributed by atoms with Gasteiger partial charge in [-0.25, -0.2) is 4.79 Å². The van der Waals surface area contributed by atoms with Crippen LogP contribution in [0.4, 0.5) is 4.79 Å². The molecule has 0 aliphatic heterocycles. The Morgan fingerprint density at radius 1 is 1.17 bits per heavy atom. The zero-order chi connectivity index (χ0) is 13.8. The van der Waals surface area contributed by atoms with Gasteiger partial charge in [0, 0.05) is 33.9 Å². The summed E-state index contributed by atoms with van der Waals surface area (Å²) in [5.74, 6) is -1.04. The smallest absolute Gasteiger partial charge is 0.323 e. The molecule has 0 radical (unpaired) electrons. The molecule has 0 fully saturated rings. The Balaban J connectivity index is 3.92. The van der Waals surface area contributed by atoms with Crippen molar-refractivity contribution in [1.29, 1.82) is 0 Å². The Morgan fingerprint density at radius 3 is 2.39 bits per heavy atom. The number of aliphatic carboxylic acids is 1. The molecule has 0 saturated heterocycles. The predicted molar refractivity (Wildman–Crippen MR) is 65.6 cm³/mol. The first kappa shape index (κ1) is 16.7. The van der Waals surface area contributed by atoms with E-state index in [2.05, 4.69) is 5.32 Å². The predicted octanol–water partition coefficient (Wildman–Crippen LogP) is 0.156. The van der Waals surface area contributed by atoms with Gasteiger partial charge in [0.25, 0.3) is 0 Å². The fourth-order valence-electron chi connectivity index (χ4n) is 1.30. The second kappa shape index (κ2) is 10.8. The van der Waals surface area contributed by atoms with Gasteiger partial charge in [-0.1, -0.05) is 0 Å².